The highest BCUT2D eigenvalue weighted by Gasteiger charge is 2.34. The number of likely N-dealkylation sites (tertiary alicyclic amines) is 1. The van der Waals surface area contributed by atoms with Crippen molar-refractivity contribution >= 4 is 17.2 Å². The molecule has 2 heterocycles. The van der Waals surface area contributed by atoms with Crippen LogP contribution in [0.5, 0.6) is 0 Å². The van der Waals surface area contributed by atoms with Gasteiger partial charge >= 0.3 is 0 Å². The van der Waals surface area contributed by atoms with Crippen LogP contribution in [0.15, 0.2) is 17.5 Å². The number of carbonyl (C=O) groups excluding carboxylic acids is 1. The van der Waals surface area contributed by atoms with E-state index >= 15 is 0 Å². The van der Waals surface area contributed by atoms with Gasteiger partial charge in [-0.05, 0) is 42.5 Å². The first-order valence-electron chi connectivity index (χ1n) is 7.52. The van der Waals surface area contributed by atoms with Crippen LogP contribution in [0.25, 0.3) is 0 Å². The second-order valence-corrected chi connectivity index (χ2v) is 7.05. The number of rotatable bonds is 5. The van der Waals surface area contributed by atoms with Crippen molar-refractivity contribution in [2.45, 2.75) is 39.5 Å². The van der Waals surface area contributed by atoms with Crippen molar-refractivity contribution in [3.05, 3.63) is 22.4 Å². The van der Waals surface area contributed by atoms with Gasteiger partial charge in [0.2, 0.25) is 5.91 Å². The van der Waals surface area contributed by atoms with Crippen LogP contribution in [0.4, 0.5) is 0 Å². The molecule has 3 nitrogen and oxygen atoms in total. The number of piperidine rings is 1. The highest BCUT2D eigenvalue weighted by Crippen LogP contribution is 2.34. The summed E-state index contributed by atoms with van der Waals surface area (Å²) in [5.74, 6) is 0.318. The molecule has 0 bridgehead atoms. The van der Waals surface area contributed by atoms with Crippen molar-refractivity contribution in [1.29, 1.82) is 0 Å². The van der Waals surface area contributed by atoms with Gasteiger partial charge in [0.25, 0.3) is 0 Å². The molecule has 0 spiro atoms. The minimum absolute atomic E-state index is 0.0494. The average Bonchev–Trinajstić information content (AvgIpc) is 2.99. The molecule has 1 atom stereocenters. The molecule has 112 valence electrons. The number of hydrogen-bond donors (Lipinski definition) is 1. The van der Waals surface area contributed by atoms with Crippen LogP contribution in [0, 0.1) is 11.3 Å². The molecule has 20 heavy (non-hydrogen) atoms. The maximum absolute atomic E-state index is 12.5. The maximum Gasteiger partial charge on any atom is 0.225 e. The molecular weight excluding hydrogens is 270 g/mol. The summed E-state index contributed by atoms with van der Waals surface area (Å²) >= 11 is 1.72. The van der Waals surface area contributed by atoms with Crippen LogP contribution in [0.1, 0.15) is 38.0 Å². The molecule has 2 rings (SSSR count). The number of aliphatic hydroxyl groups excluding tert-OH is 1. The monoisotopic (exact) mass is 295 g/mol. The Morgan fingerprint density at radius 3 is 2.70 bits per heavy atom. The molecule has 0 radical (unpaired) electrons. The maximum atomic E-state index is 12.5. The standard InChI is InChI=1S/C16H25NO2S/c1-3-16(12-18)6-8-17(9-7-16)15(19)13(2)11-14-5-4-10-20-14/h4-5,10,13,18H,3,6-9,11-12H2,1-2H3. The summed E-state index contributed by atoms with van der Waals surface area (Å²) in [6.45, 7) is 5.99. The molecule has 1 unspecified atom stereocenters. The quantitative estimate of drug-likeness (QED) is 0.907. The van der Waals surface area contributed by atoms with Gasteiger partial charge in [0, 0.05) is 30.5 Å². The molecular formula is C16H25NO2S. The van der Waals surface area contributed by atoms with Crippen molar-refractivity contribution in [3.8, 4) is 0 Å². The van der Waals surface area contributed by atoms with Crippen LogP contribution < -0.4 is 0 Å². The molecule has 0 saturated carbocycles. The molecule has 1 saturated heterocycles. The molecule has 4 heteroatoms. The van der Waals surface area contributed by atoms with Gasteiger partial charge < -0.3 is 10.0 Å². The molecule has 1 aliphatic heterocycles. The van der Waals surface area contributed by atoms with E-state index in [-0.39, 0.29) is 23.8 Å². The zero-order valence-electron chi connectivity index (χ0n) is 12.5. The number of nitrogens with zero attached hydrogens (tertiary/aromatic N) is 1. The summed E-state index contributed by atoms with van der Waals surface area (Å²) in [6.07, 6.45) is 3.69. The minimum Gasteiger partial charge on any atom is -0.396 e. The zero-order chi connectivity index (χ0) is 14.6. The molecule has 0 aromatic carbocycles. The number of amides is 1. The van der Waals surface area contributed by atoms with Gasteiger partial charge in [0.05, 0.1) is 0 Å². The normalized spacial score (nSPS) is 19.9. The van der Waals surface area contributed by atoms with E-state index < -0.39 is 0 Å². The summed E-state index contributed by atoms with van der Waals surface area (Å²) in [7, 11) is 0. The van der Waals surface area contributed by atoms with Gasteiger partial charge in [-0.1, -0.05) is 19.9 Å². The summed E-state index contributed by atoms with van der Waals surface area (Å²) in [5, 5.41) is 11.6. The van der Waals surface area contributed by atoms with E-state index in [0.29, 0.717) is 0 Å². The third kappa shape index (κ3) is 3.41. The van der Waals surface area contributed by atoms with Gasteiger partial charge in [0.15, 0.2) is 0 Å². The summed E-state index contributed by atoms with van der Waals surface area (Å²) in [6, 6.07) is 4.13. The second kappa shape index (κ2) is 6.72. The van der Waals surface area contributed by atoms with Gasteiger partial charge in [-0.25, -0.2) is 0 Å². The Balaban J connectivity index is 1.88. The smallest absolute Gasteiger partial charge is 0.225 e. The van der Waals surface area contributed by atoms with Crippen LogP contribution in [-0.4, -0.2) is 35.6 Å². The second-order valence-electron chi connectivity index (χ2n) is 6.02. The third-order valence-electron chi connectivity index (χ3n) is 4.73. The lowest BCUT2D eigenvalue weighted by atomic mass is 9.77. The number of aliphatic hydroxyl groups is 1. The summed E-state index contributed by atoms with van der Waals surface area (Å²) < 4.78 is 0. The van der Waals surface area contributed by atoms with Crippen LogP contribution in [-0.2, 0) is 11.2 Å². The first-order chi connectivity index (χ1) is 9.60. The predicted octanol–water partition coefficient (Wildman–Crippen LogP) is 2.94. The molecule has 1 aromatic rings. The van der Waals surface area contributed by atoms with Gasteiger partial charge in [-0.2, -0.15) is 0 Å². The first-order valence-corrected chi connectivity index (χ1v) is 8.40. The lowest BCUT2D eigenvalue weighted by Gasteiger charge is -2.41. The van der Waals surface area contributed by atoms with Crippen molar-refractivity contribution < 1.29 is 9.90 Å². The van der Waals surface area contributed by atoms with Crippen molar-refractivity contribution in [1.82, 2.24) is 4.90 Å². The molecule has 1 aromatic heterocycles. The Kier molecular flexibility index (Phi) is 5.22. The highest BCUT2D eigenvalue weighted by molar-refractivity contribution is 7.09. The van der Waals surface area contributed by atoms with Crippen LogP contribution in [0.2, 0.25) is 0 Å². The van der Waals surface area contributed by atoms with Gasteiger partial charge in [0.1, 0.15) is 0 Å². The fourth-order valence-corrected chi connectivity index (χ4v) is 3.79. The largest absolute Gasteiger partial charge is 0.396 e. The summed E-state index contributed by atoms with van der Waals surface area (Å²) in [4.78, 5) is 15.7. The molecule has 1 aliphatic rings. The van der Waals surface area contributed by atoms with E-state index in [1.165, 1.54) is 4.88 Å². The Hall–Kier alpha value is -0.870. The van der Waals surface area contributed by atoms with E-state index in [1.807, 2.05) is 17.9 Å². The number of hydrogen-bond acceptors (Lipinski definition) is 3. The van der Waals surface area contributed by atoms with E-state index in [0.717, 1.165) is 38.8 Å². The summed E-state index contributed by atoms with van der Waals surface area (Å²) in [5.41, 5.74) is 0.0494. The fourth-order valence-electron chi connectivity index (χ4n) is 2.95. The number of carbonyl (C=O) groups is 1. The third-order valence-corrected chi connectivity index (χ3v) is 5.63. The lowest BCUT2D eigenvalue weighted by Crippen LogP contribution is -2.46. The average molecular weight is 295 g/mol. The topological polar surface area (TPSA) is 40.5 Å². The van der Waals surface area contributed by atoms with Crippen molar-refractivity contribution in [2.75, 3.05) is 19.7 Å². The zero-order valence-corrected chi connectivity index (χ0v) is 13.3. The predicted molar refractivity (Wildman–Crippen MR) is 82.8 cm³/mol. The van der Waals surface area contributed by atoms with E-state index in [2.05, 4.69) is 18.4 Å². The number of thiophene rings is 1. The Morgan fingerprint density at radius 2 is 2.20 bits per heavy atom. The van der Waals surface area contributed by atoms with Crippen molar-refractivity contribution in [3.63, 3.8) is 0 Å². The minimum atomic E-state index is 0.0494. The molecule has 1 N–H and O–H groups in total. The van der Waals surface area contributed by atoms with E-state index in [4.69, 9.17) is 0 Å². The Bertz CT molecular complexity index is 416. The molecule has 1 fully saturated rings. The SMILES string of the molecule is CCC1(CO)CCN(C(=O)C(C)Cc2cccs2)CC1. The fraction of sp³-hybridized carbons (Fsp3) is 0.688. The van der Waals surface area contributed by atoms with Crippen molar-refractivity contribution in [2.24, 2.45) is 11.3 Å². The Labute approximate surface area is 125 Å². The van der Waals surface area contributed by atoms with Crippen LogP contribution in [0.3, 0.4) is 0 Å². The van der Waals surface area contributed by atoms with Crippen LogP contribution >= 0.6 is 11.3 Å². The lowest BCUT2D eigenvalue weighted by molar-refractivity contribution is -0.137. The van der Waals surface area contributed by atoms with Gasteiger partial charge in [-0.15, -0.1) is 11.3 Å². The van der Waals surface area contributed by atoms with E-state index in [1.54, 1.807) is 11.3 Å². The van der Waals surface area contributed by atoms with E-state index in [9.17, 15) is 9.90 Å². The highest BCUT2D eigenvalue weighted by atomic mass is 32.1. The Morgan fingerprint density at radius 1 is 1.50 bits per heavy atom. The molecule has 1 amide bonds. The first kappa shape index (κ1) is 15.5. The molecule has 0 aliphatic carbocycles. The van der Waals surface area contributed by atoms with Gasteiger partial charge in [-0.3, -0.25) is 4.79 Å².